The van der Waals surface area contributed by atoms with Gasteiger partial charge in [-0.2, -0.15) is 4.98 Å². The molecule has 1 atom stereocenters. The number of aromatic nitrogens is 2. The number of anilines is 3. The molecule has 1 aliphatic heterocycles. The first kappa shape index (κ1) is 22.3. The van der Waals surface area contributed by atoms with Crippen molar-refractivity contribution in [1.82, 2.24) is 14.9 Å². The third-order valence-electron chi connectivity index (χ3n) is 5.87. The number of hydrogen-bond acceptors (Lipinski definition) is 8. The summed E-state index contributed by atoms with van der Waals surface area (Å²) in [5, 5.41) is 6.76. The number of likely N-dealkylation sites (N-methyl/N-ethyl adjacent to an activating group) is 1. The molecule has 0 unspecified atom stereocenters. The Labute approximate surface area is 202 Å². The molecule has 0 amide bonds. The summed E-state index contributed by atoms with van der Waals surface area (Å²) in [6.07, 6.45) is 4.02. The van der Waals surface area contributed by atoms with Crippen molar-refractivity contribution in [3.63, 3.8) is 0 Å². The minimum Gasteiger partial charge on any atom is -0.490 e. The monoisotopic (exact) mass is 479 g/mol. The van der Waals surface area contributed by atoms with Gasteiger partial charge in [0.05, 0.1) is 5.02 Å². The smallest absolute Gasteiger partial charge is 0.300 e. The van der Waals surface area contributed by atoms with Crippen LogP contribution >= 0.6 is 11.6 Å². The number of pyridine rings is 1. The minimum absolute atomic E-state index is 0.373. The van der Waals surface area contributed by atoms with Crippen molar-refractivity contribution < 1.29 is 13.9 Å². The highest BCUT2D eigenvalue weighted by Crippen LogP contribution is 2.32. The first-order valence-corrected chi connectivity index (χ1v) is 11.6. The van der Waals surface area contributed by atoms with Crippen LogP contribution in [0.2, 0.25) is 5.02 Å². The minimum atomic E-state index is 0.373. The third kappa shape index (κ3) is 5.03. The molecule has 8 nitrogen and oxygen atoms in total. The molecule has 3 heterocycles. The number of benzene rings is 2. The van der Waals surface area contributed by atoms with Crippen molar-refractivity contribution in [2.75, 3.05) is 37.9 Å². The summed E-state index contributed by atoms with van der Waals surface area (Å²) >= 11 is 6.36. The molecule has 0 spiro atoms. The van der Waals surface area contributed by atoms with Crippen LogP contribution in [0.15, 0.2) is 59.1 Å². The van der Waals surface area contributed by atoms with Crippen LogP contribution in [0.1, 0.15) is 12.8 Å². The van der Waals surface area contributed by atoms with Gasteiger partial charge in [0.1, 0.15) is 35.2 Å². The van der Waals surface area contributed by atoms with E-state index in [1.54, 1.807) is 18.3 Å². The molecule has 9 heteroatoms. The Morgan fingerprint density at radius 3 is 2.85 bits per heavy atom. The average molecular weight is 480 g/mol. The van der Waals surface area contributed by atoms with Crippen molar-refractivity contribution >= 4 is 40.2 Å². The van der Waals surface area contributed by atoms with Crippen molar-refractivity contribution in [3.8, 4) is 17.2 Å². The quantitative estimate of drug-likeness (QED) is 0.322. The van der Waals surface area contributed by atoms with Crippen LogP contribution in [0.25, 0.3) is 11.1 Å². The van der Waals surface area contributed by atoms with Gasteiger partial charge in [-0.25, -0.2) is 4.98 Å². The molecule has 0 aliphatic carbocycles. The predicted octanol–water partition coefficient (Wildman–Crippen LogP) is 5.93. The summed E-state index contributed by atoms with van der Waals surface area (Å²) in [5.74, 6) is 2.70. The van der Waals surface area contributed by atoms with Crippen molar-refractivity contribution in [1.29, 1.82) is 0 Å². The molecule has 0 bridgehead atoms. The van der Waals surface area contributed by atoms with E-state index in [1.165, 1.54) is 6.42 Å². The van der Waals surface area contributed by atoms with E-state index in [0.717, 1.165) is 24.5 Å². The van der Waals surface area contributed by atoms with E-state index < -0.39 is 0 Å². The number of rotatable bonds is 8. The second kappa shape index (κ2) is 9.79. The number of halogens is 1. The summed E-state index contributed by atoms with van der Waals surface area (Å²) < 4.78 is 17.8. The van der Waals surface area contributed by atoms with E-state index >= 15 is 0 Å². The second-order valence-electron chi connectivity index (χ2n) is 8.24. The molecule has 1 aliphatic rings. The van der Waals surface area contributed by atoms with E-state index in [2.05, 4.69) is 32.5 Å². The maximum Gasteiger partial charge on any atom is 0.300 e. The molecule has 1 fully saturated rings. The SMILES string of the molecule is CNc1cc(Oc2ccc3oc(Nc4ccc(Cl)c(OC[C@@H]5CCCN5C)c4)nc3c2)ccn1. The van der Waals surface area contributed by atoms with Crippen LogP contribution in [-0.4, -0.2) is 48.2 Å². The first-order chi connectivity index (χ1) is 16.6. The number of hydrogen-bond donors (Lipinski definition) is 2. The Kier molecular flexibility index (Phi) is 6.42. The van der Waals surface area contributed by atoms with E-state index in [1.807, 2.05) is 43.4 Å². The standard InChI is InChI=1S/C25H26ClN5O3/c1-27-24-14-19(9-10-28-24)33-18-6-8-22-21(13-18)30-25(34-22)29-16-5-7-20(26)23(12-16)32-15-17-4-3-11-31(17)2/h5-10,12-14,17H,3-4,11,15H2,1-2H3,(H,27,28)(H,29,30)/t17-/m0/s1. The first-order valence-electron chi connectivity index (χ1n) is 11.2. The Bertz CT molecular complexity index is 1290. The van der Waals surface area contributed by atoms with Crippen LogP contribution in [0.5, 0.6) is 17.2 Å². The molecule has 0 radical (unpaired) electrons. The molecular weight excluding hydrogens is 454 g/mol. The van der Waals surface area contributed by atoms with E-state index in [4.69, 9.17) is 25.5 Å². The van der Waals surface area contributed by atoms with Gasteiger partial charge in [0.15, 0.2) is 5.58 Å². The van der Waals surface area contributed by atoms with Gasteiger partial charge in [-0.05, 0) is 56.8 Å². The van der Waals surface area contributed by atoms with Gasteiger partial charge in [-0.15, -0.1) is 0 Å². The molecule has 34 heavy (non-hydrogen) atoms. The topological polar surface area (TPSA) is 84.7 Å². The zero-order valence-corrected chi connectivity index (χ0v) is 19.8. The maximum absolute atomic E-state index is 6.36. The molecule has 176 valence electrons. The molecule has 4 aromatic rings. The fourth-order valence-electron chi connectivity index (χ4n) is 3.96. The molecule has 2 aromatic heterocycles. The lowest BCUT2D eigenvalue weighted by Crippen LogP contribution is -2.30. The summed E-state index contributed by atoms with van der Waals surface area (Å²) in [5.41, 5.74) is 2.10. The van der Waals surface area contributed by atoms with Crippen LogP contribution in [0.3, 0.4) is 0 Å². The summed E-state index contributed by atoms with van der Waals surface area (Å²) in [7, 11) is 3.94. The van der Waals surface area contributed by atoms with Crippen LogP contribution < -0.4 is 20.1 Å². The zero-order chi connectivity index (χ0) is 23.5. The fraction of sp³-hybridized carbons (Fsp3) is 0.280. The lowest BCUT2D eigenvalue weighted by molar-refractivity contribution is 0.198. The lowest BCUT2D eigenvalue weighted by Gasteiger charge is -2.20. The average Bonchev–Trinajstić information content (AvgIpc) is 3.44. The molecule has 2 N–H and O–H groups in total. The van der Waals surface area contributed by atoms with Crippen LogP contribution in [-0.2, 0) is 0 Å². The number of fused-ring (bicyclic) bond motifs is 1. The number of likely N-dealkylation sites (tertiary alicyclic amines) is 1. The number of oxazole rings is 1. The summed E-state index contributed by atoms with van der Waals surface area (Å²) in [6.45, 7) is 1.71. The van der Waals surface area contributed by atoms with Gasteiger partial charge in [-0.3, -0.25) is 0 Å². The van der Waals surface area contributed by atoms with Crippen LogP contribution in [0.4, 0.5) is 17.5 Å². The largest absolute Gasteiger partial charge is 0.490 e. The van der Waals surface area contributed by atoms with Gasteiger partial charge in [0.25, 0.3) is 6.01 Å². The second-order valence-corrected chi connectivity index (χ2v) is 8.64. The highest BCUT2D eigenvalue weighted by Gasteiger charge is 2.21. The Balaban J connectivity index is 1.29. The van der Waals surface area contributed by atoms with Gasteiger partial charge in [-0.1, -0.05) is 11.6 Å². The summed E-state index contributed by atoms with van der Waals surface area (Å²) in [4.78, 5) is 11.1. The Morgan fingerprint density at radius 2 is 2.03 bits per heavy atom. The van der Waals surface area contributed by atoms with Crippen LogP contribution in [0, 0.1) is 0 Å². The lowest BCUT2D eigenvalue weighted by atomic mass is 10.2. The van der Waals surface area contributed by atoms with Crippen molar-refractivity contribution in [3.05, 3.63) is 59.8 Å². The number of nitrogens with zero attached hydrogens (tertiary/aromatic N) is 3. The van der Waals surface area contributed by atoms with Gasteiger partial charge in [0, 0.05) is 43.2 Å². The molecule has 5 rings (SSSR count). The Morgan fingerprint density at radius 1 is 1.15 bits per heavy atom. The molecular formula is C25H26ClN5O3. The van der Waals surface area contributed by atoms with Gasteiger partial charge < -0.3 is 29.4 Å². The summed E-state index contributed by atoms with van der Waals surface area (Å²) in [6, 6.07) is 15.4. The normalized spacial score (nSPS) is 16.0. The van der Waals surface area contributed by atoms with E-state index in [0.29, 0.717) is 52.0 Å². The predicted molar refractivity (Wildman–Crippen MR) is 134 cm³/mol. The highest BCUT2D eigenvalue weighted by molar-refractivity contribution is 6.32. The molecule has 0 saturated carbocycles. The van der Waals surface area contributed by atoms with Gasteiger partial charge in [0.2, 0.25) is 0 Å². The van der Waals surface area contributed by atoms with Crippen molar-refractivity contribution in [2.45, 2.75) is 18.9 Å². The third-order valence-corrected chi connectivity index (χ3v) is 6.18. The number of ether oxygens (including phenoxy) is 2. The zero-order valence-electron chi connectivity index (χ0n) is 19.0. The molecule has 1 saturated heterocycles. The highest BCUT2D eigenvalue weighted by atomic mass is 35.5. The van der Waals surface area contributed by atoms with Crippen molar-refractivity contribution in [2.24, 2.45) is 0 Å². The van der Waals surface area contributed by atoms with Gasteiger partial charge >= 0.3 is 0 Å². The maximum atomic E-state index is 6.36. The van der Waals surface area contributed by atoms with E-state index in [-0.39, 0.29) is 0 Å². The van der Waals surface area contributed by atoms with E-state index in [9.17, 15) is 0 Å². The fourth-order valence-corrected chi connectivity index (χ4v) is 4.13. The number of nitrogens with one attached hydrogen (secondary N) is 2. The Hall–Kier alpha value is -3.49. The molecule has 2 aromatic carbocycles.